The Morgan fingerprint density at radius 2 is 1.45 bits per heavy atom. The van der Waals surface area contributed by atoms with E-state index < -0.39 is 20.8 Å². The molecule has 2 rings (SSSR count). The van der Waals surface area contributed by atoms with Crippen LogP contribution in [0.5, 0.6) is 5.75 Å². The van der Waals surface area contributed by atoms with Gasteiger partial charge in [-0.3, -0.25) is 4.52 Å². The van der Waals surface area contributed by atoms with Gasteiger partial charge in [0.15, 0.2) is 12.4 Å². The number of aromatic amines is 1. The van der Waals surface area contributed by atoms with Crippen molar-refractivity contribution in [1.82, 2.24) is 5.32 Å². The average Bonchev–Trinajstić information content (AvgIpc) is 3.03. The Morgan fingerprint density at radius 1 is 0.841 bits per heavy atom. The van der Waals surface area contributed by atoms with Crippen molar-refractivity contribution in [3.05, 3.63) is 59.9 Å². The Kier molecular flexibility index (Phi) is 22.4. The lowest BCUT2D eigenvalue weighted by Gasteiger charge is -2.18. The summed E-state index contributed by atoms with van der Waals surface area (Å²) in [6.07, 6.45) is 24.7. The van der Waals surface area contributed by atoms with Crippen LogP contribution >= 0.6 is 8.60 Å². The van der Waals surface area contributed by atoms with Crippen molar-refractivity contribution in [1.29, 1.82) is 0 Å². The van der Waals surface area contributed by atoms with Crippen LogP contribution < -0.4 is 14.8 Å². The third kappa shape index (κ3) is 19.9. The van der Waals surface area contributed by atoms with Gasteiger partial charge in [0.05, 0.1) is 6.61 Å². The Balaban J connectivity index is 1.43. The predicted molar refractivity (Wildman–Crippen MR) is 178 cm³/mol. The van der Waals surface area contributed by atoms with Gasteiger partial charge in [-0.15, -0.1) is 0 Å². The summed E-state index contributed by atoms with van der Waals surface area (Å²) >= 11 is 0. The molecule has 2 aromatic rings. The summed E-state index contributed by atoms with van der Waals surface area (Å²) in [4.78, 5) is 25.4. The second-order valence-corrected chi connectivity index (χ2v) is 12.5. The highest BCUT2D eigenvalue weighted by molar-refractivity contribution is 7.41. The van der Waals surface area contributed by atoms with Crippen LogP contribution in [0.15, 0.2) is 48.8 Å². The standard InChI is InChI=1S/C35H57N2O6P/c1-3-4-5-6-7-8-9-10-11-12-13-14-15-16-17-18-25-37-35(38)41-29-34(40-2)30-42-44(39)43-33-23-19-21-31(27-33)26-32-22-20-24-36-28-32/h19-24,27-28,34,39H,3-18,25-26,29-30H2,1-2H3,(H,37,38)/p+1. The molecule has 0 aliphatic rings. The van der Waals surface area contributed by atoms with Gasteiger partial charge < -0.3 is 24.2 Å². The van der Waals surface area contributed by atoms with Crippen LogP contribution in [0.4, 0.5) is 4.79 Å². The van der Waals surface area contributed by atoms with Crippen molar-refractivity contribution < 1.29 is 33.2 Å². The van der Waals surface area contributed by atoms with Crippen LogP contribution in [0.3, 0.4) is 0 Å². The lowest BCUT2D eigenvalue weighted by atomic mass is 10.0. The molecule has 0 bridgehead atoms. The molecule has 248 valence electrons. The van der Waals surface area contributed by atoms with Crippen molar-refractivity contribution in [3.8, 4) is 5.75 Å². The van der Waals surface area contributed by atoms with Crippen LogP contribution in [-0.2, 0) is 20.4 Å². The van der Waals surface area contributed by atoms with Gasteiger partial charge in [0.25, 0.3) is 0 Å². The average molecular weight is 634 g/mol. The quantitative estimate of drug-likeness (QED) is 0.0754. The predicted octanol–water partition coefficient (Wildman–Crippen LogP) is 8.71. The van der Waals surface area contributed by atoms with E-state index in [4.69, 9.17) is 18.5 Å². The van der Waals surface area contributed by atoms with E-state index in [1.54, 1.807) is 6.07 Å². The minimum Gasteiger partial charge on any atom is -0.447 e. The fourth-order valence-electron chi connectivity index (χ4n) is 5.02. The molecule has 1 aromatic heterocycles. The molecule has 2 atom stereocenters. The first kappa shape index (κ1) is 37.9. The zero-order valence-corrected chi connectivity index (χ0v) is 28.2. The van der Waals surface area contributed by atoms with Crippen molar-refractivity contribution >= 4 is 14.7 Å². The molecule has 1 heterocycles. The summed E-state index contributed by atoms with van der Waals surface area (Å²) < 4.78 is 21.6. The maximum absolute atomic E-state index is 12.1. The molecule has 1 aromatic carbocycles. The SMILES string of the molecule is CCCCCCCCCCCCCCCCCCNC(=O)OCC(COP(O)Oc1cccc(Cc2ccc[nH+]c2)c1)OC. The molecule has 1 amide bonds. The molecule has 0 spiro atoms. The lowest BCUT2D eigenvalue weighted by molar-refractivity contribution is -0.378. The zero-order chi connectivity index (χ0) is 31.5. The number of carbonyl (C=O) groups excluding carboxylic acids is 1. The van der Waals surface area contributed by atoms with E-state index in [-0.39, 0.29) is 13.2 Å². The maximum atomic E-state index is 12.1. The molecule has 8 nitrogen and oxygen atoms in total. The van der Waals surface area contributed by atoms with Gasteiger partial charge in [0.2, 0.25) is 0 Å². The number of hydrogen-bond acceptors (Lipinski definition) is 6. The van der Waals surface area contributed by atoms with E-state index in [0.717, 1.165) is 30.4 Å². The number of benzene rings is 1. The smallest absolute Gasteiger partial charge is 0.407 e. The molecular weight excluding hydrogens is 575 g/mol. The Morgan fingerprint density at radius 3 is 2.05 bits per heavy atom. The van der Waals surface area contributed by atoms with E-state index in [1.165, 1.54) is 97.0 Å². The maximum Gasteiger partial charge on any atom is 0.407 e. The largest absolute Gasteiger partial charge is 0.447 e. The van der Waals surface area contributed by atoms with Crippen molar-refractivity contribution in [3.63, 3.8) is 0 Å². The number of hydrogen-bond donors (Lipinski definition) is 2. The van der Waals surface area contributed by atoms with Crippen molar-refractivity contribution in [2.24, 2.45) is 0 Å². The van der Waals surface area contributed by atoms with Gasteiger partial charge in [0, 0.05) is 31.7 Å². The van der Waals surface area contributed by atoms with E-state index in [0.29, 0.717) is 12.3 Å². The highest BCUT2D eigenvalue weighted by atomic mass is 31.2. The minimum absolute atomic E-state index is 0.0219. The molecule has 3 N–H and O–H groups in total. The second kappa shape index (κ2) is 26.0. The van der Waals surface area contributed by atoms with Gasteiger partial charge in [-0.05, 0) is 30.2 Å². The third-order valence-electron chi connectivity index (χ3n) is 7.67. The highest BCUT2D eigenvalue weighted by Crippen LogP contribution is 2.35. The number of pyridine rings is 1. The van der Waals surface area contributed by atoms with E-state index in [1.807, 2.05) is 42.7 Å². The number of aromatic nitrogens is 1. The van der Waals surface area contributed by atoms with Crippen LogP contribution in [0.2, 0.25) is 0 Å². The number of alkyl carbamates (subject to hydrolysis) is 1. The first-order valence-electron chi connectivity index (χ1n) is 16.9. The number of rotatable bonds is 27. The Hall–Kier alpha value is -2.25. The number of methoxy groups -OCH3 is 1. The number of ether oxygens (including phenoxy) is 2. The molecule has 0 aliphatic heterocycles. The number of nitrogens with one attached hydrogen (secondary N) is 2. The van der Waals surface area contributed by atoms with E-state index in [2.05, 4.69) is 17.2 Å². The van der Waals surface area contributed by atoms with Gasteiger partial charge in [-0.25, -0.2) is 9.78 Å². The fourth-order valence-corrected chi connectivity index (χ4v) is 5.66. The van der Waals surface area contributed by atoms with Crippen LogP contribution in [0, 0.1) is 0 Å². The first-order chi connectivity index (χ1) is 21.6. The monoisotopic (exact) mass is 633 g/mol. The first-order valence-corrected chi connectivity index (χ1v) is 18.0. The number of carbonyl (C=O) groups is 1. The molecule has 0 fully saturated rings. The van der Waals surface area contributed by atoms with Crippen LogP contribution in [0.25, 0.3) is 0 Å². The summed E-state index contributed by atoms with van der Waals surface area (Å²) in [5.41, 5.74) is 2.20. The van der Waals surface area contributed by atoms with Crippen LogP contribution in [0.1, 0.15) is 121 Å². The van der Waals surface area contributed by atoms with Gasteiger partial charge >= 0.3 is 14.7 Å². The van der Waals surface area contributed by atoms with Crippen LogP contribution in [-0.4, -0.2) is 44.0 Å². The highest BCUT2D eigenvalue weighted by Gasteiger charge is 2.17. The summed E-state index contributed by atoms with van der Waals surface area (Å²) in [5, 5.41) is 2.80. The molecule has 0 saturated heterocycles. The second-order valence-electron chi connectivity index (χ2n) is 11.5. The zero-order valence-electron chi connectivity index (χ0n) is 27.3. The number of unbranched alkanes of at least 4 members (excludes halogenated alkanes) is 15. The Labute approximate surface area is 267 Å². The minimum atomic E-state index is -2.16. The lowest BCUT2D eigenvalue weighted by Crippen LogP contribution is -2.31. The summed E-state index contributed by atoms with van der Waals surface area (Å²) in [5.74, 6) is 0.523. The van der Waals surface area contributed by atoms with E-state index in [9.17, 15) is 9.69 Å². The normalized spacial score (nSPS) is 12.5. The molecule has 0 saturated carbocycles. The number of amides is 1. The fraction of sp³-hybridized carbons (Fsp3) is 0.657. The van der Waals surface area contributed by atoms with Crippen molar-refractivity contribution in [2.45, 2.75) is 122 Å². The van der Waals surface area contributed by atoms with E-state index >= 15 is 0 Å². The van der Waals surface area contributed by atoms with Gasteiger partial charge in [-0.2, -0.15) is 0 Å². The molecule has 44 heavy (non-hydrogen) atoms. The molecular formula is C35H58N2O6P+. The van der Waals surface area contributed by atoms with Gasteiger partial charge in [0.1, 0.15) is 18.5 Å². The molecule has 9 heteroatoms. The molecule has 0 aliphatic carbocycles. The third-order valence-corrected chi connectivity index (χ3v) is 8.40. The molecule has 2 unspecified atom stereocenters. The summed E-state index contributed by atoms with van der Waals surface area (Å²) in [7, 11) is -0.651. The Bertz CT molecular complexity index is 967. The topological polar surface area (TPSA) is 100 Å². The number of H-pyrrole nitrogens is 1. The van der Waals surface area contributed by atoms with Gasteiger partial charge in [-0.1, -0.05) is 115 Å². The summed E-state index contributed by atoms with van der Waals surface area (Å²) in [6.45, 7) is 2.93. The molecule has 0 radical (unpaired) electrons. The van der Waals surface area contributed by atoms with Crippen molar-refractivity contribution in [2.75, 3.05) is 26.9 Å². The summed E-state index contributed by atoms with van der Waals surface area (Å²) in [6, 6.07) is 11.5.